The zero-order valence-corrected chi connectivity index (χ0v) is 34.5. The number of nitrogens with zero attached hydrogens (tertiary/aromatic N) is 4. The first-order valence-electron chi connectivity index (χ1n) is 19.4. The summed E-state index contributed by atoms with van der Waals surface area (Å²) in [6.45, 7) is 11.2. The molecule has 11 nitrogen and oxygen atoms in total. The van der Waals surface area contributed by atoms with E-state index in [4.69, 9.17) is 46.0 Å². The predicted octanol–water partition coefficient (Wildman–Crippen LogP) is 10.2. The number of halogens is 1. The number of ketones is 1. The normalized spacial score (nSPS) is 16.9. The molecule has 8 rings (SSSR count). The number of anilines is 1. The van der Waals surface area contributed by atoms with Crippen molar-refractivity contribution in [1.29, 1.82) is 5.26 Å². The van der Waals surface area contributed by atoms with Crippen LogP contribution in [0.25, 0.3) is 22.3 Å². The van der Waals surface area contributed by atoms with Gasteiger partial charge in [0.15, 0.2) is 12.1 Å². The van der Waals surface area contributed by atoms with Gasteiger partial charge in [-0.2, -0.15) is 5.26 Å². The summed E-state index contributed by atoms with van der Waals surface area (Å²) >= 11 is 6.36. The molecule has 3 aliphatic heterocycles. The van der Waals surface area contributed by atoms with Gasteiger partial charge in [-0.25, -0.2) is 15.0 Å². The van der Waals surface area contributed by atoms with Gasteiger partial charge < -0.3 is 24.6 Å². The van der Waals surface area contributed by atoms with Crippen LogP contribution in [0.5, 0.6) is 0 Å². The van der Waals surface area contributed by atoms with Crippen LogP contribution >= 0.6 is 11.6 Å². The number of Topliss-reactive ketones (excluding diaryl/α,β-unsaturated/α-hetero) is 1. The van der Waals surface area contributed by atoms with Crippen LogP contribution in [-0.2, 0) is 19.0 Å². The highest BCUT2D eigenvalue weighted by atomic mass is 35.5. The van der Waals surface area contributed by atoms with Crippen molar-refractivity contribution in [2.75, 3.05) is 25.1 Å². The lowest BCUT2D eigenvalue weighted by atomic mass is 10.1. The van der Waals surface area contributed by atoms with Crippen LogP contribution in [0.15, 0.2) is 102 Å². The molecule has 0 spiro atoms. The number of rotatable bonds is 5. The molecule has 1 aromatic heterocycles. The molecular weight excluding hydrogens is 754 g/mol. The molecule has 3 unspecified atom stereocenters. The highest BCUT2D eigenvalue weighted by molar-refractivity contribution is 6.37. The number of hydrogen-bond donors (Lipinski definition) is 2. The molecule has 58 heavy (non-hydrogen) atoms. The Bertz CT molecular complexity index is 2140. The Kier molecular flexibility index (Phi) is 18.4. The number of carboxylic acid groups (broad SMARTS) is 1. The molecule has 2 N–H and O–H groups in total. The quantitative estimate of drug-likeness (QED) is 0.0996. The van der Waals surface area contributed by atoms with Crippen molar-refractivity contribution in [2.45, 2.75) is 84.6 Å². The molecule has 4 aromatic carbocycles. The largest absolute Gasteiger partial charge is 0.481 e. The number of aliphatic carboxylic acids is 1. The zero-order chi connectivity index (χ0) is 41.9. The lowest BCUT2D eigenvalue weighted by molar-refractivity contribution is -0.173. The number of benzene rings is 4. The molecule has 5 aromatic rings. The topological polar surface area (TPSA) is 156 Å². The van der Waals surface area contributed by atoms with Gasteiger partial charge in [0.05, 0.1) is 34.2 Å². The molecule has 0 saturated carbocycles. The highest BCUT2D eigenvalue weighted by Gasteiger charge is 2.22. The maximum absolute atomic E-state index is 11.9. The van der Waals surface area contributed by atoms with Gasteiger partial charge in [0, 0.05) is 39.2 Å². The highest BCUT2D eigenvalue weighted by Crippen LogP contribution is 2.35. The van der Waals surface area contributed by atoms with Crippen LogP contribution < -0.4 is 5.32 Å². The number of carbonyl (C=O) groups is 2. The van der Waals surface area contributed by atoms with Gasteiger partial charge in [-0.05, 0) is 81.7 Å². The molecule has 12 heteroatoms. The Morgan fingerprint density at radius 1 is 0.845 bits per heavy atom. The lowest BCUT2D eigenvalue weighted by Crippen LogP contribution is -2.27. The number of hydrogen-bond acceptors (Lipinski definition) is 10. The second kappa shape index (κ2) is 23.7. The number of nitrogens with one attached hydrogen (secondary N) is 1. The van der Waals surface area contributed by atoms with Crippen LogP contribution in [-0.4, -0.2) is 70.3 Å². The van der Waals surface area contributed by atoms with Gasteiger partial charge >= 0.3 is 0 Å². The number of carbonyl (C=O) groups excluding carboxylic acids is 1. The number of aromatic nitrogens is 2. The van der Waals surface area contributed by atoms with Crippen molar-refractivity contribution < 1.29 is 28.9 Å². The van der Waals surface area contributed by atoms with E-state index in [2.05, 4.69) is 28.3 Å². The summed E-state index contributed by atoms with van der Waals surface area (Å²) in [5, 5.41) is 19.1. The molecular formula is C46H52ClN5O6. The molecule has 0 bridgehead atoms. The minimum Gasteiger partial charge on any atom is -0.481 e. The molecule has 0 radical (unpaired) electrons. The van der Waals surface area contributed by atoms with E-state index < -0.39 is 5.97 Å². The first kappa shape index (κ1) is 45.2. The fourth-order valence-corrected chi connectivity index (χ4v) is 6.26. The van der Waals surface area contributed by atoms with Crippen molar-refractivity contribution in [3.63, 3.8) is 0 Å². The van der Waals surface area contributed by atoms with Gasteiger partial charge in [0.25, 0.3) is 5.97 Å². The minimum atomic E-state index is -0.833. The molecule has 0 aliphatic carbocycles. The maximum atomic E-state index is 11.9. The van der Waals surface area contributed by atoms with Crippen LogP contribution in [0.2, 0.25) is 0 Å². The number of aryl methyl sites for hydroxylation is 2. The van der Waals surface area contributed by atoms with Crippen LogP contribution in [0.3, 0.4) is 0 Å². The van der Waals surface area contributed by atoms with Crippen molar-refractivity contribution in [3.05, 3.63) is 119 Å². The smallest absolute Gasteiger partial charge is 0.300 e. The summed E-state index contributed by atoms with van der Waals surface area (Å²) in [4.78, 5) is 34.8. The summed E-state index contributed by atoms with van der Waals surface area (Å²) in [5.74, 6) is -0.903. The third-order valence-electron chi connectivity index (χ3n) is 8.84. The number of aliphatic imine (C=N–C) groups is 1. The number of fused-ring (bicyclic) bond motifs is 2. The molecule has 2 saturated heterocycles. The van der Waals surface area contributed by atoms with E-state index in [0.29, 0.717) is 11.4 Å². The van der Waals surface area contributed by atoms with Crippen molar-refractivity contribution in [1.82, 2.24) is 9.97 Å². The Morgan fingerprint density at radius 3 is 2.02 bits per heavy atom. The van der Waals surface area contributed by atoms with E-state index >= 15 is 0 Å². The standard InChI is InChI=1S/C17H14N2O.C15H13ClN2.C8H13NO2.C4H8O.C2H4O2/c1-11-7-6-10-14-15(11)19-17(16(18-14)12(2)20)13-8-4-3-5-9-13;1-10-6-5-9-12-13(10)18-14(15(16)17-12)11-7-3-2-4-8-11;1-7(6-9)11-8-4-2-3-5-10-8;1-2-4-5-3-1;1-2(3)4/h3-10H,1-2H3;2-9,15,17H,1H3;7-8H,2-5H2,1H3;1-4H2;1H3,(H,3,4). The van der Waals surface area contributed by atoms with Crippen molar-refractivity contribution >= 4 is 51.5 Å². The molecule has 4 heterocycles. The Morgan fingerprint density at radius 2 is 1.45 bits per heavy atom. The zero-order valence-electron chi connectivity index (χ0n) is 33.8. The molecule has 304 valence electrons. The average molecular weight is 806 g/mol. The molecule has 3 atom stereocenters. The van der Waals surface area contributed by atoms with E-state index in [1.165, 1.54) is 19.8 Å². The first-order chi connectivity index (χ1) is 28.0. The van der Waals surface area contributed by atoms with E-state index in [1.807, 2.05) is 104 Å². The second-order valence-electron chi connectivity index (χ2n) is 13.7. The van der Waals surface area contributed by atoms with Crippen LogP contribution in [0.4, 0.5) is 11.4 Å². The SMILES string of the molecule is C1CCOC1.CC(=O)O.CC(=O)c1nc2cccc(C)c2nc1-c1ccccc1.CC(C#N)OC1CCCCO1.Cc1cccc2c1N=C(c1ccccc1)C(Cl)N2. The third kappa shape index (κ3) is 14.1. The lowest BCUT2D eigenvalue weighted by Gasteiger charge is -2.23. The number of alkyl halides is 1. The monoisotopic (exact) mass is 805 g/mol. The fraction of sp³-hybridized carbons (Fsp3) is 0.348. The van der Waals surface area contributed by atoms with Gasteiger partial charge in [-0.15, -0.1) is 0 Å². The third-order valence-corrected chi connectivity index (χ3v) is 9.16. The van der Waals surface area contributed by atoms with E-state index in [-0.39, 0.29) is 23.7 Å². The summed E-state index contributed by atoms with van der Waals surface area (Å²) < 4.78 is 15.5. The van der Waals surface area contributed by atoms with Gasteiger partial charge in [0.1, 0.15) is 23.0 Å². The Labute approximate surface area is 346 Å². The number of ether oxygens (including phenoxy) is 3. The predicted molar refractivity (Wildman–Crippen MR) is 230 cm³/mol. The Balaban J connectivity index is 0.000000178. The summed E-state index contributed by atoms with van der Waals surface area (Å²) in [6.07, 6.45) is 5.24. The molecule has 2 fully saturated rings. The summed E-state index contributed by atoms with van der Waals surface area (Å²) in [6, 6.07) is 33.6. The van der Waals surface area contributed by atoms with Crippen molar-refractivity contribution in [3.8, 4) is 17.3 Å². The van der Waals surface area contributed by atoms with Crippen LogP contribution in [0.1, 0.15) is 80.1 Å². The number of carboxylic acids is 1. The van der Waals surface area contributed by atoms with Gasteiger partial charge in [0.2, 0.25) is 0 Å². The van der Waals surface area contributed by atoms with E-state index in [9.17, 15) is 4.79 Å². The Hall–Kier alpha value is -5.51. The molecule has 0 amide bonds. The number of nitriles is 1. The molecule has 3 aliphatic rings. The van der Waals surface area contributed by atoms with Gasteiger partial charge in [-0.1, -0.05) is 96.5 Å². The van der Waals surface area contributed by atoms with E-state index in [1.54, 1.807) is 6.92 Å². The summed E-state index contributed by atoms with van der Waals surface area (Å²) in [7, 11) is 0. The summed E-state index contributed by atoms with van der Waals surface area (Å²) in [5.41, 5.74) is 9.41. The second-order valence-corrected chi connectivity index (χ2v) is 14.1. The van der Waals surface area contributed by atoms with E-state index in [0.717, 1.165) is 96.4 Å². The number of para-hydroxylation sites is 2. The fourth-order valence-electron chi connectivity index (χ4n) is 5.97. The minimum absolute atomic E-state index is 0.0697. The maximum Gasteiger partial charge on any atom is 0.300 e. The van der Waals surface area contributed by atoms with Crippen LogP contribution in [0, 0.1) is 25.2 Å². The first-order valence-corrected chi connectivity index (χ1v) is 19.8. The van der Waals surface area contributed by atoms with Gasteiger partial charge in [-0.3, -0.25) is 9.59 Å². The average Bonchev–Trinajstić information content (AvgIpc) is 3.83. The van der Waals surface area contributed by atoms with Crippen molar-refractivity contribution in [2.24, 2.45) is 4.99 Å².